The van der Waals surface area contributed by atoms with Crippen molar-refractivity contribution in [2.45, 2.75) is 36.0 Å². The van der Waals surface area contributed by atoms with Crippen LogP contribution in [0, 0.1) is 0 Å². The van der Waals surface area contributed by atoms with Crippen LogP contribution >= 0.6 is 11.8 Å². The number of hydrogen-bond acceptors (Lipinski definition) is 4. The third-order valence-electron chi connectivity index (χ3n) is 3.35. The Morgan fingerprint density at radius 2 is 2.14 bits per heavy atom. The first-order valence-corrected chi connectivity index (χ1v) is 9.40. The number of carbonyl (C=O) groups is 1. The number of fused-ring (bicyclic) bond motifs is 1. The van der Waals surface area contributed by atoms with Crippen LogP contribution in [0.2, 0.25) is 0 Å². The molecule has 116 valence electrons. The molecular formula is C14H20N2O3S2. The van der Waals surface area contributed by atoms with E-state index in [1.165, 1.54) is 4.31 Å². The maximum absolute atomic E-state index is 12.5. The molecule has 0 unspecified atom stereocenters. The van der Waals surface area contributed by atoms with Crippen molar-refractivity contribution in [2.75, 3.05) is 24.7 Å². The van der Waals surface area contributed by atoms with E-state index >= 15 is 0 Å². The molecule has 0 radical (unpaired) electrons. The first kappa shape index (κ1) is 16.3. The van der Waals surface area contributed by atoms with Gasteiger partial charge in [-0.15, -0.1) is 11.8 Å². The molecule has 1 N–H and O–H groups in total. The number of sulfonamides is 1. The van der Waals surface area contributed by atoms with Crippen LogP contribution in [0.1, 0.15) is 26.2 Å². The zero-order valence-electron chi connectivity index (χ0n) is 12.3. The number of carbonyl (C=O) groups excluding carboxylic acids is 1. The topological polar surface area (TPSA) is 66.5 Å². The van der Waals surface area contributed by atoms with Crippen molar-refractivity contribution in [1.82, 2.24) is 4.31 Å². The van der Waals surface area contributed by atoms with Crippen molar-refractivity contribution in [3.63, 3.8) is 0 Å². The minimum Gasteiger partial charge on any atom is -0.325 e. The Labute approximate surface area is 130 Å². The summed E-state index contributed by atoms with van der Waals surface area (Å²) in [5, 5.41) is 2.77. The molecule has 1 aromatic carbocycles. The number of amides is 1. The van der Waals surface area contributed by atoms with Crippen LogP contribution in [0.15, 0.2) is 28.0 Å². The van der Waals surface area contributed by atoms with Crippen LogP contribution in [0.4, 0.5) is 5.69 Å². The van der Waals surface area contributed by atoms with E-state index in [0.717, 1.165) is 17.7 Å². The van der Waals surface area contributed by atoms with Gasteiger partial charge in [-0.05, 0) is 24.6 Å². The maximum Gasteiger partial charge on any atom is 0.242 e. The maximum atomic E-state index is 12.5. The third-order valence-corrected chi connectivity index (χ3v) is 6.27. The number of thioether (sulfide) groups is 1. The quantitative estimate of drug-likeness (QED) is 0.902. The van der Waals surface area contributed by atoms with E-state index in [-0.39, 0.29) is 10.8 Å². The van der Waals surface area contributed by atoms with E-state index in [0.29, 0.717) is 24.4 Å². The summed E-state index contributed by atoms with van der Waals surface area (Å²) in [6.07, 6.45) is 2.21. The molecule has 7 heteroatoms. The highest BCUT2D eigenvalue weighted by Gasteiger charge is 2.22. The Balaban J connectivity index is 2.30. The Morgan fingerprint density at radius 3 is 2.86 bits per heavy atom. The van der Waals surface area contributed by atoms with E-state index in [1.807, 2.05) is 6.92 Å². The van der Waals surface area contributed by atoms with E-state index in [1.54, 1.807) is 37.0 Å². The van der Waals surface area contributed by atoms with Gasteiger partial charge in [0.1, 0.15) is 0 Å². The molecule has 0 atom stereocenters. The molecule has 0 aromatic heterocycles. The lowest BCUT2D eigenvalue weighted by atomic mass is 10.3. The highest BCUT2D eigenvalue weighted by atomic mass is 32.2. The second kappa shape index (κ2) is 6.81. The zero-order valence-corrected chi connectivity index (χ0v) is 13.9. The molecule has 0 spiro atoms. The van der Waals surface area contributed by atoms with Crippen molar-refractivity contribution < 1.29 is 13.2 Å². The van der Waals surface area contributed by atoms with Gasteiger partial charge in [0.05, 0.1) is 10.6 Å². The van der Waals surface area contributed by atoms with Crippen LogP contribution in [0.5, 0.6) is 0 Å². The average Bonchev–Trinajstić information content (AvgIpc) is 2.64. The van der Waals surface area contributed by atoms with E-state index in [9.17, 15) is 13.2 Å². The summed E-state index contributed by atoms with van der Waals surface area (Å²) in [6.45, 7) is 2.52. The SMILES string of the molecule is CCCCN(C)S(=O)(=O)c1ccc2c(c1)NC(=O)CCS2. The standard InChI is InChI=1S/C14H20N2O3S2/c1-3-4-8-16(2)21(18,19)11-5-6-13-12(10-11)15-14(17)7-9-20-13/h5-6,10H,3-4,7-9H2,1-2H3,(H,15,17). The largest absolute Gasteiger partial charge is 0.325 e. The van der Waals surface area contributed by atoms with E-state index in [4.69, 9.17) is 0 Å². The van der Waals surface area contributed by atoms with E-state index in [2.05, 4.69) is 5.32 Å². The molecule has 1 heterocycles. The van der Waals surface area contributed by atoms with E-state index < -0.39 is 10.0 Å². The lowest BCUT2D eigenvalue weighted by Crippen LogP contribution is -2.28. The van der Waals surface area contributed by atoms with Crippen LogP contribution in [0.25, 0.3) is 0 Å². The fourth-order valence-corrected chi connectivity index (χ4v) is 4.21. The number of anilines is 1. The predicted octanol–water partition coefficient (Wildman–Crippen LogP) is 2.54. The van der Waals surface area contributed by atoms with Gasteiger partial charge >= 0.3 is 0 Å². The van der Waals surface area contributed by atoms with Crippen molar-refractivity contribution in [1.29, 1.82) is 0 Å². The molecule has 1 aliphatic heterocycles. The van der Waals surface area contributed by atoms with Gasteiger partial charge in [-0.1, -0.05) is 13.3 Å². The van der Waals surface area contributed by atoms with Crippen molar-refractivity contribution in [2.24, 2.45) is 0 Å². The Bertz CT molecular complexity index is 629. The number of hydrogen-bond donors (Lipinski definition) is 1. The molecule has 0 saturated heterocycles. The monoisotopic (exact) mass is 328 g/mol. The molecule has 21 heavy (non-hydrogen) atoms. The van der Waals surface area contributed by atoms with Gasteiger partial charge in [-0.3, -0.25) is 4.79 Å². The lowest BCUT2D eigenvalue weighted by Gasteiger charge is -2.18. The summed E-state index contributed by atoms with van der Waals surface area (Å²) in [5.74, 6) is 0.636. The van der Waals surface area contributed by atoms with Crippen LogP contribution in [-0.4, -0.2) is 38.0 Å². The zero-order chi connectivity index (χ0) is 15.5. The fourth-order valence-electron chi connectivity index (χ4n) is 2.04. The third kappa shape index (κ3) is 3.78. The summed E-state index contributed by atoms with van der Waals surface area (Å²) in [5.41, 5.74) is 0.590. The summed E-state index contributed by atoms with van der Waals surface area (Å²) in [6, 6.07) is 4.94. The first-order chi connectivity index (χ1) is 9.95. The molecule has 0 aliphatic carbocycles. The van der Waals surface area contributed by atoms with Crippen molar-refractivity contribution in [3.8, 4) is 0 Å². The number of benzene rings is 1. The van der Waals surface area contributed by atoms with Crippen LogP contribution < -0.4 is 5.32 Å². The molecule has 1 amide bonds. The minimum atomic E-state index is -3.50. The Kier molecular flexibility index (Phi) is 5.29. The summed E-state index contributed by atoms with van der Waals surface area (Å²) in [7, 11) is -1.91. The number of nitrogens with one attached hydrogen (secondary N) is 1. The van der Waals surface area contributed by atoms with Crippen LogP contribution in [-0.2, 0) is 14.8 Å². The highest BCUT2D eigenvalue weighted by Crippen LogP contribution is 2.33. The molecule has 5 nitrogen and oxygen atoms in total. The molecule has 1 aromatic rings. The molecule has 0 fully saturated rings. The van der Waals surface area contributed by atoms with Crippen molar-refractivity contribution >= 4 is 33.4 Å². The van der Waals surface area contributed by atoms with Gasteiger partial charge in [0, 0.05) is 30.7 Å². The fraction of sp³-hybridized carbons (Fsp3) is 0.500. The predicted molar refractivity (Wildman–Crippen MR) is 85.1 cm³/mol. The van der Waals surface area contributed by atoms with Crippen LogP contribution in [0.3, 0.4) is 0 Å². The summed E-state index contributed by atoms with van der Waals surface area (Å²) >= 11 is 1.56. The first-order valence-electron chi connectivity index (χ1n) is 6.98. The number of nitrogens with zero attached hydrogens (tertiary/aromatic N) is 1. The summed E-state index contributed by atoms with van der Waals surface area (Å²) in [4.78, 5) is 12.7. The number of unbranched alkanes of at least 4 members (excludes halogenated alkanes) is 1. The molecular weight excluding hydrogens is 308 g/mol. The van der Waals surface area contributed by atoms with Gasteiger partial charge in [-0.25, -0.2) is 12.7 Å². The second-order valence-electron chi connectivity index (χ2n) is 4.98. The van der Waals surface area contributed by atoms with Crippen molar-refractivity contribution in [3.05, 3.63) is 18.2 Å². The number of rotatable bonds is 5. The molecule has 0 saturated carbocycles. The van der Waals surface area contributed by atoms with Gasteiger partial charge in [-0.2, -0.15) is 0 Å². The van der Waals surface area contributed by atoms with Gasteiger partial charge < -0.3 is 5.32 Å². The minimum absolute atomic E-state index is 0.0739. The highest BCUT2D eigenvalue weighted by molar-refractivity contribution is 7.99. The Hall–Kier alpha value is -1.05. The second-order valence-corrected chi connectivity index (χ2v) is 8.17. The van der Waals surface area contributed by atoms with Gasteiger partial charge in [0.15, 0.2) is 0 Å². The smallest absolute Gasteiger partial charge is 0.242 e. The molecule has 0 bridgehead atoms. The average molecular weight is 328 g/mol. The molecule has 2 rings (SSSR count). The Morgan fingerprint density at radius 1 is 1.38 bits per heavy atom. The van der Waals surface area contributed by atoms with Gasteiger partial charge in [0.2, 0.25) is 15.9 Å². The summed E-state index contributed by atoms with van der Waals surface area (Å²) < 4.78 is 26.4. The lowest BCUT2D eigenvalue weighted by molar-refractivity contribution is -0.115. The normalized spacial score (nSPS) is 15.5. The van der Waals surface area contributed by atoms with Gasteiger partial charge in [0.25, 0.3) is 0 Å². The molecule has 1 aliphatic rings.